The van der Waals surface area contributed by atoms with Crippen molar-refractivity contribution in [3.05, 3.63) is 124 Å². The maximum atomic E-state index is 14.2. The van der Waals surface area contributed by atoms with Gasteiger partial charge in [0.2, 0.25) is 5.91 Å². The van der Waals surface area contributed by atoms with Crippen LogP contribution in [-0.4, -0.2) is 84.7 Å². The number of fused-ring (bicyclic) bond motifs is 8. The van der Waals surface area contributed by atoms with Crippen LogP contribution in [0.2, 0.25) is 0 Å². The molecule has 16 heteroatoms. The first-order valence-electron chi connectivity index (χ1n) is 24.1. The summed E-state index contributed by atoms with van der Waals surface area (Å²) in [6.45, 7) is 8.72. The Morgan fingerprint density at radius 2 is 1.37 bits per heavy atom. The Kier molecular flexibility index (Phi) is 14.5. The van der Waals surface area contributed by atoms with Crippen molar-refractivity contribution in [1.82, 2.24) is 0 Å². The molecule has 4 aliphatic rings. The topological polar surface area (TPSA) is 159 Å². The third-order valence-electron chi connectivity index (χ3n) is 13.7. The van der Waals surface area contributed by atoms with E-state index in [4.69, 9.17) is 18.9 Å². The summed E-state index contributed by atoms with van der Waals surface area (Å²) >= 11 is 0. The molecule has 2 unspecified atom stereocenters. The standard InChI is InChI=1S/C55H61N5O9S2/c1-32(61)16-17-33(2)70-71-55(3,4)19-18-51(62)58(5)38-21-34(30-68-49-27-42-40(25-47(49)66-6)53(64)59-39(29-56-42)23-36-12-8-10-14-44(36)59)20-35(22-38)31-69-50-28-43-41(26-48(50)67-7)54(65)60-45-15-11-9-13-37(45)24-46(60)52(63)57-43/h8-15,20-22,25-28,33,39,46,52,56-57,63H,16-19,23-24,29-31H2,1-7H3/t33?,39-,46-,52?/m0/s1. The van der Waals surface area contributed by atoms with Crippen molar-refractivity contribution in [1.29, 1.82) is 0 Å². The Balaban J connectivity index is 0.964. The number of aliphatic hydroxyl groups excluding tert-OH is 1. The van der Waals surface area contributed by atoms with Crippen molar-refractivity contribution >= 4 is 73.5 Å². The number of rotatable bonds is 18. The van der Waals surface area contributed by atoms with Crippen LogP contribution in [0.15, 0.2) is 91.0 Å². The van der Waals surface area contributed by atoms with Gasteiger partial charge in [-0.25, -0.2) is 0 Å². The fourth-order valence-corrected chi connectivity index (χ4v) is 12.3. The fourth-order valence-electron chi connectivity index (χ4n) is 9.71. The fraction of sp³-hybridized carbons (Fsp3) is 0.382. The second kappa shape index (κ2) is 20.8. The zero-order valence-corrected chi connectivity index (χ0v) is 42.8. The molecule has 71 heavy (non-hydrogen) atoms. The maximum absolute atomic E-state index is 14.2. The van der Waals surface area contributed by atoms with Gasteiger partial charge in [-0.15, -0.1) is 0 Å². The molecule has 0 bridgehead atoms. The number of ketones is 1. The molecule has 0 radical (unpaired) electrons. The molecule has 4 aliphatic heterocycles. The Morgan fingerprint density at radius 3 is 2.00 bits per heavy atom. The molecular formula is C55H61N5O9S2. The minimum atomic E-state index is -1.05. The van der Waals surface area contributed by atoms with Gasteiger partial charge >= 0.3 is 0 Å². The van der Waals surface area contributed by atoms with Crippen molar-refractivity contribution < 1.29 is 43.2 Å². The van der Waals surface area contributed by atoms with Gasteiger partial charge in [-0.05, 0) is 111 Å². The molecule has 14 nitrogen and oxygen atoms in total. The summed E-state index contributed by atoms with van der Waals surface area (Å²) < 4.78 is 24.5. The van der Waals surface area contributed by atoms with E-state index in [1.807, 2.05) is 71.6 Å². The number of nitrogens with zero attached hydrogens (tertiary/aromatic N) is 3. The van der Waals surface area contributed by atoms with Crippen LogP contribution >= 0.6 is 21.6 Å². The van der Waals surface area contributed by atoms with Crippen molar-refractivity contribution in [3.8, 4) is 23.0 Å². The summed E-state index contributed by atoms with van der Waals surface area (Å²) in [6, 6.07) is 27.8. The van der Waals surface area contributed by atoms with Crippen molar-refractivity contribution in [2.75, 3.05) is 53.1 Å². The van der Waals surface area contributed by atoms with Crippen LogP contribution < -0.4 is 44.3 Å². The van der Waals surface area contributed by atoms with Gasteiger partial charge in [0, 0.05) is 65.6 Å². The normalized spacial score (nSPS) is 18.0. The summed E-state index contributed by atoms with van der Waals surface area (Å²) in [7, 11) is 8.33. The van der Waals surface area contributed by atoms with Gasteiger partial charge in [0.1, 0.15) is 25.2 Å². The molecule has 0 aliphatic carbocycles. The molecular weight excluding hydrogens is 939 g/mol. The van der Waals surface area contributed by atoms with Gasteiger partial charge in [-0.2, -0.15) is 0 Å². The zero-order valence-electron chi connectivity index (χ0n) is 41.2. The van der Waals surface area contributed by atoms with E-state index in [1.54, 1.807) is 70.7 Å². The van der Waals surface area contributed by atoms with E-state index in [2.05, 4.69) is 37.5 Å². The average molecular weight is 1000 g/mol. The molecule has 0 fully saturated rings. The molecule has 0 saturated carbocycles. The molecule has 5 aromatic carbocycles. The molecule has 4 heterocycles. The Bertz CT molecular complexity index is 2880. The Hall–Kier alpha value is -6.36. The molecule has 9 rings (SSSR count). The highest BCUT2D eigenvalue weighted by Gasteiger charge is 2.42. The lowest BCUT2D eigenvalue weighted by Crippen LogP contribution is -2.45. The number of amides is 3. The minimum Gasteiger partial charge on any atom is -0.493 e. The SMILES string of the molecule is COc1cc2c(cc1OCc1cc(COc3cc4c(cc3OC)C(=O)N3c5ccccc5C[C@H]3C(O)N4)cc(N(C)C(=O)CCC(C)(C)SSC(C)CCC(C)=O)c1)NC[C@@H]1Cc3ccccc3N1C2=O. The summed E-state index contributed by atoms with van der Waals surface area (Å²) in [5.74, 6) is 1.30. The van der Waals surface area contributed by atoms with Crippen LogP contribution in [0.5, 0.6) is 23.0 Å². The van der Waals surface area contributed by atoms with E-state index in [-0.39, 0.29) is 47.5 Å². The van der Waals surface area contributed by atoms with Crippen LogP contribution in [0.3, 0.4) is 0 Å². The number of para-hydroxylation sites is 2. The van der Waals surface area contributed by atoms with Gasteiger partial charge in [-0.1, -0.05) is 64.9 Å². The van der Waals surface area contributed by atoms with Gasteiger partial charge in [0.05, 0.1) is 48.8 Å². The highest BCUT2D eigenvalue weighted by Crippen LogP contribution is 2.45. The number of benzene rings is 5. The summed E-state index contributed by atoms with van der Waals surface area (Å²) in [5, 5.41) is 18.4. The largest absolute Gasteiger partial charge is 0.493 e. The van der Waals surface area contributed by atoms with Crippen LogP contribution in [0.1, 0.15) is 96.3 Å². The molecule has 372 valence electrons. The summed E-state index contributed by atoms with van der Waals surface area (Å²) in [5.41, 5.74) is 7.84. The van der Waals surface area contributed by atoms with E-state index in [0.717, 1.165) is 46.5 Å². The third-order valence-corrected chi connectivity index (χ3v) is 17.6. The van der Waals surface area contributed by atoms with Crippen molar-refractivity contribution in [2.45, 2.75) is 108 Å². The molecule has 4 atom stereocenters. The first kappa shape index (κ1) is 49.6. The second-order valence-corrected chi connectivity index (χ2v) is 22.7. The number of aliphatic hydroxyl groups is 1. The highest BCUT2D eigenvalue weighted by molar-refractivity contribution is 8.77. The monoisotopic (exact) mass is 999 g/mol. The molecule has 5 aromatic rings. The highest BCUT2D eigenvalue weighted by atomic mass is 33.1. The van der Waals surface area contributed by atoms with E-state index in [9.17, 15) is 24.3 Å². The number of methoxy groups -OCH3 is 2. The molecule has 0 saturated heterocycles. The lowest BCUT2D eigenvalue weighted by atomic mass is 10.1. The average Bonchev–Trinajstić information content (AvgIpc) is 3.89. The van der Waals surface area contributed by atoms with Crippen LogP contribution in [-0.2, 0) is 35.6 Å². The lowest BCUT2D eigenvalue weighted by Gasteiger charge is -2.26. The quantitative estimate of drug-likeness (QED) is 0.0713. The number of carbonyl (C=O) groups excluding carboxylic acids is 4. The van der Waals surface area contributed by atoms with Gasteiger partial charge in [-0.3, -0.25) is 14.4 Å². The van der Waals surface area contributed by atoms with E-state index in [0.29, 0.717) is 88.7 Å². The van der Waals surface area contributed by atoms with Crippen LogP contribution in [0, 0.1) is 0 Å². The second-order valence-electron chi connectivity index (χ2n) is 19.3. The minimum absolute atomic E-state index is 0.0336. The van der Waals surface area contributed by atoms with Crippen LogP contribution in [0.25, 0.3) is 0 Å². The van der Waals surface area contributed by atoms with E-state index >= 15 is 0 Å². The van der Waals surface area contributed by atoms with Crippen molar-refractivity contribution in [3.63, 3.8) is 0 Å². The first-order chi connectivity index (χ1) is 34.1. The first-order valence-corrected chi connectivity index (χ1v) is 26.3. The third kappa shape index (κ3) is 10.5. The Labute approximate surface area is 423 Å². The van der Waals surface area contributed by atoms with E-state index in [1.165, 1.54) is 7.11 Å². The van der Waals surface area contributed by atoms with E-state index < -0.39 is 12.3 Å². The van der Waals surface area contributed by atoms with Crippen molar-refractivity contribution in [2.24, 2.45) is 0 Å². The molecule has 0 aromatic heterocycles. The number of Topliss-reactive ketones (excluding diaryl/α,β-unsaturated/α-hetero) is 1. The molecule has 0 spiro atoms. The number of carbonyl (C=O) groups is 4. The number of anilines is 5. The molecule has 3 N–H and O–H groups in total. The zero-order chi connectivity index (χ0) is 50.1. The lowest BCUT2D eigenvalue weighted by molar-refractivity contribution is -0.118. The number of hydrogen-bond donors (Lipinski definition) is 3. The summed E-state index contributed by atoms with van der Waals surface area (Å²) in [6.07, 6.45) is 2.54. The van der Waals surface area contributed by atoms with Gasteiger partial charge in [0.15, 0.2) is 23.0 Å². The number of ether oxygens (including phenoxy) is 4. The predicted octanol–water partition coefficient (Wildman–Crippen LogP) is 9.83. The maximum Gasteiger partial charge on any atom is 0.260 e. The number of nitrogens with one attached hydrogen (secondary N) is 2. The number of hydrogen-bond acceptors (Lipinski definition) is 13. The predicted molar refractivity (Wildman–Crippen MR) is 282 cm³/mol. The van der Waals surface area contributed by atoms with Gasteiger partial charge < -0.3 is 54.2 Å². The summed E-state index contributed by atoms with van der Waals surface area (Å²) in [4.78, 5) is 59.1. The van der Waals surface area contributed by atoms with Gasteiger partial charge in [0.25, 0.3) is 11.8 Å². The molecule has 3 amide bonds. The smallest absolute Gasteiger partial charge is 0.260 e. The Morgan fingerprint density at radius 1 is 0.789 bits per heavy atom. The van der Waals surface area contributed by atoms with Crippen LogP contribution in [0.4, 0.5) is 28.4 Å².